The summed E-state index contributed by atoms with van der Waals surface area (Å²) in [7, 11) is 0. The van der Waals surface area contributed by atoms with E-state index in [1.807, 2.05) is 12.1 Å². The molecule has 8 heteroatoms. The van der Waals surface area contributed by atoms with E-state index in [9.17, 15) is 0 Å². The Morgan fingerprint density at radius 1 is 1.07 bits per heavy atom. The van der Waals surface area contributed by atoms with E-state index in [1.165, 1.54) is 11.1 Å². The van der Waals surface area contributed by atoms with Crippen molar-refractivity contribution in [1.82, 2.24) is 15.6 Å². The number of fused-ring (bicyclic) bond motifs is 1. The fourth-order valence-electron chi connectivity index (χ4n) is 3.07. The maximum Gasteiger partial charge on any atom is 0.171 e. The van der Waals surface area contributed by atoms with Crippen LogP contribution in [0.1, 0.15) is 11.1 Å². The Labute approximate surface area is 162 Å². The quantitative estimate of drug-likeness (QED) is 0.666. The van der Waals surface area contributed by atoms with Gasteiger partial charge in [0.05, 0.1) is 24.6 Å². The van der Waals surface area contributed by atoms with Crippen molar-refractivity contribution < 1.29 is 9.37 Å². The van der Waals surface area contributed by atoms with Crippen molar-refractivity contribution in [1.29, 1.82) is 0 Å². The van der Waals surface area contributed by atoms with Gasteiger partial charge >= 0.3 is 0 Å². The molecule has 140 valence electrons. The molecule has 7 nitrogen and oxygen atoms in total. The van der Waals surface area contributed by atoms with Crippen LogP contribution in [0.25, 0.3) is 11.0 Å². The summed E-state index contributed by atoms with van der Waals surface area (Å²) in [5, 5.41) is 15.1. The largest absolute Gasteiger partial charge is 0.378 e. The number of aromatic nitrogens is 2. The first-order valence-corrected chi connectivity index (χ1v) is 9.30. The lowest BCUT2D eigenvalue weighted by Crippen LogP contribution is -2.36. The van der Waals surface area contributed by atoms with E-state index >= 15 is 0 Å². The van der Waals surface area contributed by atoms with E-state index in [2.05, 4.69) is 57.0 Å². The SMILES string of the molecule is Cc1ccc(CNC(=S)Nc2ccc(N3CCOCC3)c3nonc23)cc1. The molecule has 0 atom stereocenters. The number of thiocarbonyl (C=S) groups is 1. The van der Waals surface area contributed by atoms with Crippen LogP contribution in [0.4, 0.5) is 11.4 Å². The number of nitrogens with one attached hydrogen (secondary N) is 2. The molecule has 0 amide bonds. The second-order valence-corrected chi connectivity index (χ2v) is 6.89. The molecule has 3 aromatic rings. The molecule has 0 bridgehead atoms. The summed E-state index contributed by atoms with van der Waals surface area (Å²) in [6.45, 7) is 5.79. The molecule has 2 heterocycles. The van der Waals surface area contributed by atoms with Crippen LogP contribution in [-0.2, 0) is 11.3 Å². The summed E-state index contributed by atoms with van der Waals surface area (Å²) < 4.78 is 10.4. The number of hydrogen-bond acceptors (Lipinski definition) is 6. The van der Waals surface area contributed by atoms with E-state index < -0.39 is 0 Å². The van der Waals surface area contributed by atoms with E-state index in [0.29, 0.717) is 30.4 Å². The van der Waals surface area contributed by atoms with Gasteiger partial charge in [0.15, 0.2) is 16.1 Å². The van der Waals surface area contributed by atoms with Gasteiger partial charge in [-0.2, -0.15) is 0 Å². The molecule has 0 aliphatic carbocycles. The van der Waals surface area contributed by atoms with Gasteiger partial charge in [0.2, 0.25) is 0 Å². The first-order chi connectivity index (χ1) is 13.2. The van der Waals surface area contributed by atoms with Gasteiger partial charge in [-0.05, 0) is 47.2 Å². The maximum atomic E-state index is 5.43. The molecule has 0 saturated carbocycles. The molecule has 2 N–H and O–H groups in total. The molecule has 2 aromatic carbocycles. The predicted octanol–water partition coefficient (Wildman–Crippen LogP) is 2.85. The smallest absolute Gasteiger partial charge is 0.171 e. The van der Waals surface area contributed by atoms with Crippen LogP contribution in [0, 0.1) is 6.92 Å². The Morgan fingerprint density at radius 2 is 1.81 bits per heavy atom. The molecule has 0 unspecified atom stereocenters. The van der Waals surface area contributed by atoms with Gasteiger partial charge in [-0.25, -0.2) is 4.63 Å². The lowest BCUT2D eigenvalue weighted by molar-refractivity contribution is 0.123. The molecule has 1 fully saturated rings. The number of ether oxygens (including phenoxy) is 1. The molecule has 27 heavy (non-hydrogen) atoms. The topological polar surface area (TPSA) is 75.5 Å². The third-order valence-corrected chi connectivity index (χ3v) is 4.81. The standard InChI is InChI=1S/C19H21N5O2S/c1-13-2-4-14(5-3-13)12-20-19(27)21-15-6-7-16(18-17(15)22-26-23-18)24-8-10-25-11-9-24/h2-7H,8-12H2,1H3,(H2,20,21,27). The highest BCUT2D eigenvalue weighted by atomic mass is 32.1. The van der Waals surface area contributed by atoms with E-state index in [0.717, 1.165) is 30.0 Å². The van der Waals surface area contributed by atoms with Gasteiger partial charge in [-0.15, -0.1) is 0 Å². The lowest BCUT2D eigenvalue weighted by atomic mass is 10.1. The molecule has 0 radical (unpaired) electrons. The monoisotopic (exact) mass is 383 g/mol. The van der Waals surface area contributed by atoms with Gasteiger partial charge in [-0.1, -0.05) is 29.8 Å². The van der Waals surface area contributed by atoms with Gasteiger partial charge in [0.25, 0.3) is 0 Å². The molecule has 1 aromatic heterocycles. The van der Waals surface area contributed by atoms with Gasteiger partial charge in [0.1, 0.15) is 0 Å². The van der Waals surface area contributed by atoms with Crippen LogP contribution in [0.3, 0.4) is 0 Å². The first-order valence-electron chi connectivity index (χ1n) is 8.89. The Bertz CT molecular complexity index is 935. The van der Waals surface area contributed by atoms with E-state index in [1.54, 1.807) is 0 Å². The Kier molecular flexibility index (Phi) is 5.17. The molecular weight excluding hydrogens is 362 g/mol. The van der Waals surface area contributed by atoms with E-state index in [-0.39, 0.29) is 0 Å². The maximum absolute atomic E-state index is 5.43. The van der Waals surface area contributed by atoms with Crippen LogP contribution < -0.4 is 15.5 Å². The highest BCUT2D eigenvalue weighted by Gasteiger charge is 2.19. The molecule has 1 saturated heterocycles. The number of hydrogen-bond donors (Lipinski definition) is 2. The Hall–Kier alpha value is -2.71. The molecular formula is C19H21N5O2S. The minimum absolute atomic E-state index is 0.527. The number of morpholine rings is 1. The second kappa shape index (κ2) is 7.89. The first kappa shape index (κ1) is 17.7. The predicted molar refractivity (Wildman–Crippen MR) is 109 cm³/mol. The summed E-state index contributed by atoms with van der Waals surface area (Å²) in [5.41, 5.74) is 5.56. The van der Waals surface area contributed by atoms with Gasteiger partial charge in [-0.3, -0.25) is 0 Å². The summed E-state index contributed by atoms with van der Waals surface area (Å²) in [4.78, 5) is 2.23. The fraction of sp³-hybridized carbons (Fsp3) is 0.316. The summed E-state index contributed by atoms with van der Waals surface area (Å²) in [6.07, 6.45) is 0. The summed E-state index contributed by atoms with van der Waals surface area (Å²) in [6, 6.07) is 12.3. The van der Waals surface area contributed by atoms with Crippen LogP contribution in [0.5, 0.6) is 0 Å². The zero-order valence-electron chi connectivity index (χ0n) is 15.1. The summed E-state index contributed by atoms with van der Waals surface area (Å²) in [5.74, 6) is 0. The average molecular weight is 383 g/mol. The van der Waals surface area contributed by atoms with Crippen molar-refractivity contribution in [3.63, 3.8) is 0 Å². The van der Waals surface area contributed by atoms with E-state index in [4.69, 9.17) is 21.6 Å². The highest BCUT2D eigenvalue weighted by Crippen LogP contribution is 2.30. The zero-order valence-corrected chi connectivity index (χ0v) is 15.9. The van der Waals surface area contributed by atoms with Crippen molar-refractivity contribution >= 4 is 39.7 Å². The number of benzene rings is 2. The minimum Gasteiger partial charge on any atom is -0.378 e. The van der Waals surface area contributed by atoms with Crippen LogP contribution in [0.15, 0.2) is 41.0 Å². The van der Waals surface area contributed by atoms with Crippen molar-refractivity contribution in [3.8, 4) is 0 Å². The minimum atomic E-state index is 0.527. The fourth-order valence-corrected chi connectivity index (χ4v) is 3.25. The van der Waals surface area contributed by atoms with Gasteiger partial charge in [0, 0.05) is 19.6 Å². The average Bonchev–Trinajstić information content (AvgIpc) is 3.19. The van der Waals surface area contributed by atoms with Crippen LogP contribution >= 0.6 is 12.2 Å². The van der Waals surface area contributed by atoms with Crippen molar-refractivity contribution in [3.05, 3.63) is 47.5 Å². The molecule has 0 spiro atoms. The number of nitrogens with zero attached hydrogens (tertiary/aromatic N) is 3. The molecule has 1 aliphatic rings. The van der Waals surface area contributed by atoms with Gasteiger partial charge < -0.3 is 20.3 Å². The normalized spacial score (nSPS) is 14.3. The Balaban J connectivity index is 1.46. The molecule has 1 aliphatic heterocycles. The third kappa shape index (κ3) is 4.01. The Morgan fingerprint density at radius 3 is 2.59 bits per heavy atom. The highest BCUT2D eigenvalue weighted by molar-refractivity contribution is 7.80. The third-order valence-electron chi connectivity index (χ3n) is 4.57. The second-order valence-electron chi connectivity index (χ2n) is 6.49. The lowest BCUT2D eigenvalue weighted by Gasteiger charge is -2.28. The number of anilines is 2. The number of rotatable bonds is 4. The molecule has 4 rings (SSSR count). The van der Waals surface area contributed by atoms with Crippen molar-refractivity contribution in [2.24, 2.45) is 0 Å². The van der Waals surface area contributed by atoms with Crippen LogP contribution in [0.2, 0.25) is 0 Å². The summed E-state index contributed by atoms with van der Waals surface area (Å²) >= 11 is 5.43. The van der Waals surface area contributed by atoms with Crippen molar-refractivity contribution in [2.45, 2.75) is 13.5 Å². The van der Waals surface area contributed by atoms with Crippen molar-refractivity contribution in [2.75, 3.05) is 36.5 Å². The zero-order chi connectivity index (χ0) is 18.6. The van der Waals surface area contributed by atoms with Crippen LogP contribution in [-0.4, -0.2) is 41.7 Å². The number of aryl methyl sites for hydroxylation is 1.